The first-order valence-electron chi connectivity index (χ1n) is 7.12. The number of Topliss-reactive ketones (excluding diaryl/α,β-unsaturated/α-hetero) is 1. The number of rotatable bonds is 4. The molecule has 2 rings (SSSR count). The SMILES string of the molecule is CC(=O)c1cc(Cl)c(NC(=O)CN2CCNC(C)C2)c(Cl)c1. The van der Waals surface area contributed by atoms with Crippen molar-refractivity contribution in [1.82, 2.24) is 10.2 Å². The molecule has 0 bridgehead atoms. The molecular weight excluding hydrogens is 325 g/mol. The van der Waals surface area contributed by atoms with Gasteiger partial charge >= 0.3 is 0 Å². The fraction of sp³-hybridized carbons (Fsp3) is 0.467. The summed E-state index contributed by atoms with van der Waals surface area (Å²) in [5.41, 5.74) is 0.769. The van der Waals surface area contributed by atoms with Crippen LogP contribution in [-0.4, -0.2) is 48.8 Å². The Morgan fingerprint density at radius 1 is 1.36 bits per heavy atom. The van der Waals surface area contributed by atoms with E-state index in [1.165, 1.54) is 19.1 Å². The highest BCUT2D eigenvalue weighted by Gasteiger charge is 2.19. The predicted octanol–water partition coefficient (Wildman–Crippen LogP) is 2.43. The van der Waals surface area contributed by atoms with Gasteiger partial charge in [-0.25, -0.2) is 0 Å². The Morgan fingerprint density at radius 3 is 2.55 bits per heavy atom. The maximum Gasteiger partial charge on any atom is 0.238 e. The first-order valence-corrected chi connectivity index (χ1v) is 7.88. The molecule has 120 valence electrons. The third-order valence-electron chi connectivity index (χ3n) is 3.53. The van der Waals surface area contributed by atoms with Gasteiger partial charge in [0.2, 0.25) is 5.91 Å². The molecule has 1 unspecified atom stereocenters. The van der Waals surface area contributed by atoms with E-state index < -0.39 is 0 Å². The lowest BCUT2D eigenvalue weighted by Crippen LogP contribution is -2.51. The summed E-state index contributed by atoms with van der Waals surface area (Å²) in [5, 5.41) is 6.58. The number of carbonyl (C=O) groups is 2. The predicted molar refractivity (Wildman–Crippen MR) is 89.0 cm³/mol. The molecule has 1 aliphatic rings. The quantitative estimate of drug-likeness (QED) is 0.824. The zero-order chi connectivity index (χ0) is 16.3. The van der Waals surface area contributed by atoms with E-state index in [2.05, 4.69) is 22.5 Å². The summed E-state index contributed by atoms with van der Waals surface area (Å²) in [6, 6.07) is 3.39. The molecule has 2 N–H and O–H groups in total. The Bertz CT molecular complexity index is 569. The average molecular weight is 344 g/mol. The van der Waals surface area contributed by atoms with E-state index in [0.717, 1.165) is 19.6 Å². The summed E-state index contributed by atoms with van der Waals surface area (Å²) in [6.45, 7) is 6.31. The molecule has 1 aromatic carbocycles. The number of ketones is 1. The van der Waals surface area contributed by atoms with E-state index in [0.29, 0.717) is 17.3 Å². The van der Waals surface area contributed by atoms with Crippen LogP contribution in [0.5, 0.6) is 0 Å². The summed E-state index contributed by atoms with van der Waals surface area (Å²) in [6.07, 6.45) is 0. The number of benzene rings is 1. The smallest absolute Gasteiger partial charge is 0.238 e. The monoisotopic (exact) mass is 343 g/mol. The molecule has 0 spiro atoms. The standard InChI is InChI=1S/C15H19Cl2N3O2/c1-9-7-20(4-3-18-9)8-14(22)19-15-12(16)5-11(10(2)21)6-13(15)17/h5-6,9,18H,3-4,7-8H2,1-2H3,(H,19,22). The Labute approximate surface area is 139 Å². The molecule has 0 aliphatic carbocycles. The van der Waals surface area contributed by atoms with Gasteiger partial charge in [0.15, 0.2) is 5.78 Å². The zero-order valence-electron chi connectivity index (χ0n) is 12.6. The number of piperazine rings is 1. The number of hydrogen-bond acceptors (Lipinski definition) is 4. The molecule has 1 saturated heterocycles. The highest BCUT2D eigenvalue weighted by atomic mass is 35.5. The van der Waals surface area contributed by atoms with Crippen molar-refractivity contribution in [2.45, 2.75) is 19.9 Å². The first-order chi connectivity index (χ1) is 10.4. The molecule has 0 radical (unpaired) electrons. The van der Waals surface area contributed by atoms with E-state index in [1.54, 1.807) is 0 Å². The molecule has 1 atom stereocenters. The van der Waals surface area contributed by atoms with Crippen molar-refractivity contribution in [2.75, 3.05) is 31.5 Å². The Hall–Kier alpha value is -1.14. The fourth-order valence-electron chi connectivity index (χ4n) is 2.43. The fourth-order valence-corrected chi connectivity index (χ4v) is 3.02. The third kappa shape index (κ3) is 4.43. The van der Waals surface area contributed by atoms with Gasteiger partial charge in [0.05, 0.1) is 22.3 Å². The van der Waals surface area contributed by atoms with Crippen LogP contribution in [0.4, 0.5) is 5.69 Å². The second-order valence-corrected chi connectivity index (χ2v) is 6.32. The minimum absolute atomic E-state index is 0.128. The lowest BCUT2D eigenvalue weighted by molar-refractivity contribution is -0.117. The van der Waals surface area contributed by atoms with Gasteiger partial charge in [-0.15, -0.1) is 0 Å². The third-order valence-corrected chi connectivity index (χ3v) is 4.13. The van der Waals surface area contributed by atoms with Crippen LogP contribution < -0.4 is 10.6 Å². The van der Waals surface area contributed by atoms with Gasteiger partial charge in [-0.1, -0.05) is 23.2 Å². The highest BCUT2D eigenvalue weighted by Crippen LogP contribution is 2.32. The van der Waals surface area contributed by atoms with Crippen LogP contribution in [0.1, 0.15) is 24.2 Å². The lowest BCUT2D eigenvalue weighted by Gasteiger charge is -2.31. The van der Waals surface area contributed by atoms with Crippen molar-refractivity contribution in [2.24, 2.45) is 0 Å². The summed E-state index contributed by atoms with van der Waals surface area (Å²) in [5.74, 6) is -0.301. The Morgan fingerprint density at radius 2 is 2.00 bits per heavy atom. The van der Waals surface area contributed by atoms with Crippen LogP contribution in [0, 0.1) is 0 Å². The zero-order valence-corrected chi connectivity index (χ0v) is 14.1. The minimum Gasteiger partial charge on any atom is -0.322 e. The van der Waals surface area contributed by atoms with Crippen molar-refractivity contribution in [1.29, 1.82) is 0 Å². The van der Waals surface area contributed by atoms with Crippen molar-refractivity contribution < 1.29 is 9.59 Å². The van der Waals surface area contributed by atoms with Crippen LogP contribution >= 0.6 is 23.2 Å². The van der Waals surface area contributed by atoms with E-state index in [1.807, 2.05) is 0 Å². The number of carbonyl (C=O) groups excluding carboxylic acids is 2. The second-order valence-electron chi connectivity index (χ2n) is 5.51. The number of nitrogens with zero attached hydrogens (tertiary/aromatic N) is 1. The first kappa shape index (κ1) is 17.2. The van der Waals surface area contributed by atoms with Crippen LogP contribution in [0.25, 0.3) is 0 Å². The molecule has 5 nitrogen and oxygen atoms in total. The largest absolute Gasteiger partial charge is 0.322 e. The maximum atomic E-state index is 12.2. The van der Waals surface area contributed by atoms with Crippen LogP contribution in [-0.2, 0) is 4.79 Å². The Balaban J connectivity index is 2.03. The summed E-state index contributed by atoms with van der Waals surface area (Å²) < 4.78 is 0. The van der Waals surface area contributed by atoms with Crippen LogP contribution in [0.2, 0.25) is 10.0 Å². The molecular formula is C15H19Cl2N3O2. The maximum absolute atomic E-state index is 12.2. The molecule has 1 heterocycles. The summed E-state index contributed by atoms with van der Waals surface area (Å²) >= 11 is 12.2. The molecule has 7 heteroatoms. The van der Waals surface area contributed by atoms with Gasteiger partial charge in [0.1, 0.15) is 0 Å². The van der Waals surface area contributed by atoms with E-state index >= 15 is 0 Å². The van der Waals surface area contributed by atoms with Crippen LogP contribution in [0.15, 0.2) is 12.1 Å². The summed E-state index contributed by atoms with van der Waals surface area (Å²) in [7, 11) is 0. The molecule has 1 aliphatic heterocycles. The van der Waals surface area contributed by atoms with Crippen molar-refractivity contribution >= 4 is 40.6 Å². The number of nitrogens with one attached hydrogen (secondary N) is 2. The van der Waals surface area contributed by atoms with Gasteiger partial charge < -0.3 is 10.6 Å². The highest BCUT2D eigenvalue weighted by molar-refractivity contribution is 6.40. The Kier molecular flexibility index (Phi) is 5.81. The number of hydrogen-bond donors (Lipinski definition) is 2. The normalized spacial score (nSPS) is 19.0. The van der Waals surface area contributed by atoms with Gasteiger partial charge in [-0.05, 0) is 26.0 Å². The number of amides is 1. The van der Waals surface area contributed by atoms with Gasteiger partial charge in [-0.2, -0.15) is 0 Å². The van der Waals surface area contributed by atoms with E-state index in [4.69, 9.17) is 23.2 Å². The lowest BCUT2D eigenvalue weighted by atomic mass is 10.1. The number of anilines is 1. The van der Waals surface area contributed by atoms with Crippen molar-refractivity contribution in [3.8, 4) is 0 Å². The summed E-state index contributed by atoms with van der Waals surface area (Å²) in [4.78, 5) is 25.6. The molecule has 1 aromatic rings. The van der Waals surface area contributed by atoms with Gasteiger partial charge in [0.25, 0.3) is 0 Å². The van der Waals surface area contributed by atoms with Gasteiger partial charge in [-0.3, -0.25) is 14.5 Å². The molecule has 0 aromatic heterocycles. The second kappa shape index (κ2) is 7.42. The minimum atomic E-state index is -0.173. The van der Waals surface area contributed by atoms with Crippen molar-refractivity contribution in [3.63, 3.8) is 0 Å². The van der Waals surface area contributed by atoms with Crippen molar-refractivity contribution in [3.05, 3.63) is 27.7 Å². The topological polar surface area (TPSA) is 61.4 Å². The van der Waals surface area contributed by atoms with E-state index in [9.17, 15) is 9.59 Å². The van der Waals surface area contributed by atoms with Gasteiger partial charge in [0, 0.05) is 31.2 Å². The average Bonchev–Trinajstić information content (AvgIpc) is 2.42. The van der Waals surface area contributed by atoms with E-state index in [-0.39, 0.29) is 28.3 Å². The molecule has 22 heavy (non-hydrogen) atoms. The molecule has 1 amide bonds. The van der Waals surface area contributed by atoms with Crippen LogP contribution in [0.3, 0.4) is 0 Å². The molecule has 1 fully saturated rings. The number of halogens is 2. The molecule has 0 saturated carbocycles.